The van der Waals surface area contributed by atoms with Crippen LogP contribution in [0.25, 0.3) is 0 Å². The molecule has 0 saturated heterocycles. The van der Waals surface area contributed by atoms with E-state index in [1.54, 1.807) is 6.07 Å². The van der Waals surface area contributed by atoms with Crippen molar-refractivity contribution in [2.75, 3.05) is 0 Å². The van der Waals surface area contributed by atoms with Gasteiger partial charge in [-0.05, 0) is 26.3 Å². The summed E-state index contributed by atoms with van der Waals surface area (Å²) >= 11 is 0. The molecule has 0 saturated carbocycles. The quantitative estimate of drug-likeness (QED) is 0.712. The summed E-state index contributed by atoms with van der Waals surface area (Å²) in [7, 11) is 0. The molecule has 0 aliphatic heterocycles. The van der Waals surface area contributed by atoms with Gasteiger partial charge in [-0.25, -0.2) is 4.68 Å². The molecule has 94 valence electrons. The van der Waals surface area contributed by atoms with Crippen molar-refractivity contribution in [3.63, 3.8) is 0 Å². The lowest BCUT2D eigenvalue weighted by Crippen LogP contribution is -2.31. The topological polar surface area (TPSA) is 52.0 Å². The van der Waals surface area contributed by atoms with E-state index in [9.17, 15) is 9.59 Å². The molecule has 1 rings (SSSR count). The Balaban J connectivity index is 2.93. The molecule has 0 N–H and O–H groups in total. The molecule has 0 fully saturated rings. The second-order valence-corrected chi connectivity index (χ2v) is 4.38. The van der Waals surface area contributed by atoms with Crippen LogP contribution in [-0.2, 0) is 4.79 Å². The average molecular weight is 236 g/mol. The lowest BCUT2D eigenvalue weighted by atomic mass is 10.1. The summed E-state index contributed by atoms with van der Waals surface area (Å²) in [6.07, 6.45) is 3.81. The van der Waals surface area contributed by atoms with Crippen molar-refractivity contribution in [1.29, 1.82) is 0 Å². The Morgan fingerprint density at radius 1 is 1.41 bits per heavy atom. The third kappa shape index (κ3) is 3.80. The maximum Gasteiger partial charge on any atom is 0.267 e. The summed E-state index contributed by atoms with van der Waals surface area (Å²) in [6, 6.07) is 2.73. The van der Waals surface area contributed by atoms with E-state index in [1.807, 2.05) is 6.92 Å². The highest BCUT2D eigenvalue weighted by atomic mass is 16.1. The van der Waals surface area contributed by atoms with Gasteiger partial charge < -0.3 is 0 Å². The van der Waals surface area contributed by atoms with E-state index in [2.05, 4.69) is 12.0 Å². The molecule has 1 aromatic heterocycles. The Bertz CT molecular complexity index is 437. The van der Waals surface area contributed by atoms with Gasteiger partial charge in [0.15, 0.2) is 5.78 Å². The minimum absolute atomic E-state index is 0.00121. The van der Waals surface area contributed by atoms with Crippen LogP contribution < -0.4 is 5.56 Å². The fourth-order valence-corrected chi connectivity index (χ4v) is 1.83. The Labute approximate surface area is 102 Å². The van der Waals surface area contributed by atoms with Crippen LogP contribution in [0.5, 0.6) is 0 Å². The van der Waals surface area contributed by atoms with E-state index >= 15 is 0 Å². The van der Waals surface area contributed by atoms with E-state index in [-0.39, 0.29) is 11.3 Å². The Morgan fingerprint density at radius 2 is 2.12 bits per heavy atom. The number of carbonyl (C=O) groups excluding carboxylic acids is 1. The van der Waals surface area contributed by atoms with Gasteiger partial charge in [-0.1, -0.05) is 26.2 Å². The molecule has 1 atom stereocenters. The molecule has 4 nitrogen and oxygen atoms in total. The maximum absolute atomic E-state index is 11.7. The van der Waals surface area contributed by atoms with Crippen molar-refractivity contribution in [3.8, 4) is 0 Å². The molecule has 1 heterocycles. The van der Waals surface area contributed by atoms with Crippen LogP contribution >= 0.6 is 0 Å². The number of aryl methyl sites for hydroxylation is 1. The van der Waals surface area contributed by atoms with Crippen LogP contribution in [-0.4, -0.2) is 15.6 Å². The second kappa shape index (κ2) is 6.33. The average Bonchev–Trinajstić information content (AvgIpc) is 2.28. The van der Waals surface area contributed by atoms with Crippen molar-refractivity contribution in [2.45, 2.75) is 52.5 Å². The van der Waals surface area contributed by atoms with E-state index < -0.39 is 6.04 Å². The molecule has 0 spiro atoms. The molecule has 17 heavy (non-hydrogen) atoms. The van der Waals surface area contributed by atoms with Crippen molar-refractivity contribution in [1.82, 2.24) is 9.78 Å². The largest absolute Gasteiger partial charge is 0.298 e. The molecule has 0 bridgehead atoms. The first-order chi connectivity index (χ1) is 8.06. The van der Waals surface area contributed by atoms with Gasteiger partial charge in [0.25, 0.3) is 5.56 Å². The molecular weight excluding hydrogens is 216 g/mol. The lowest BCUT2D eigenvalue weighted by molar-refractivity contribution is -0.120. The predicted octanol–water partition coefficient (Wildman–Crippen LogP) is 2.26. The van der Waals surface area contributed by atoms with Crippen molar-refractivity contribution in [2.24, 2.45) is 0 Å². The van der Waals surface area contributed by atoms with E-state index in [1.165, 1.54) is 17.7 Å². The SMILES string of the molecule is CCCCCC(C(C)=O)n1nc(C)ccc1=O. The maximum atomic E-state index is 11.7. The molecular formula is C13H20N2O2. The molecule has 0 aliphatic rings. The zero-order chi connectivity index (χ0) is 12.8. The van der Waals surface area contributed by atoms with Crippen molar-refractivity contribution < 1.29 is 4.79 Å². The number of nitrogens with zero attached hydrogens (tertiary/aromatic N) is 2. The summed E-state index contributed by atoms with van der Waals surface area (Å²) in [5.41, 5.74) is 0.554. The fourth-order valence-electron chi connectivity index (χ4n) is 1.83. The van der Waals surface area contributed by atoms with Gasteiger partial charge in [-0.3, -0.25) is 9.59 Å². The van der Waals surface area contributed by atoms with Crippen LogP contribution in [0.3, 0.4) is 0 Å². The molecule has 1 aromatic rings. The molecule has 0 radical (unpaired) electrons. The highest BCUT2D eigenvalue weighted by Gasteiger charge is 2.18. The first-order valence-electron chi connectivity index (χ1n) is 6.13. The van der Waals surface area contributed by atoms with Crippen molar-refractivity contribution >= 4 is 5.78 Å². The smallest absolute Gasteiger partial charge is 0.267 e. The molecule has 0 amide bonds. The van der Waals surface area contributed by atoms with Gasteiger partial charge in [-0.15, -0.1) is 0 Å². The number of rotatable bonds is 6. The zero-order valence-corrected chi connectivity index (χ0v) is 10.8. The van der Waals surface area contributed by atoms with Gasteiger partial charge in [0.05, 0.1) is 5.69 Å². The van der Waals surface area contributed by atoms with E-state index in [4.69, 9.17) is 0 Å². The molecule has 1 unspecified atom stereocenters. The van der Waals surface area contributed by atoms with Gasteiger partial charge in [0.2, 0.25) is 0 Å². The number of Topliss-reactive ketones (excluding diaryl/α,β-unsaturated/α-hetero) is 1. The number of hydrogen-bond acceptors (Lipinski definition) is 3. The lowest BCUT2D eigenvalue weighted by Gasteiger charge is -2.15. The number of carbonyl (C=O) groups is 1. The van der Waals surface area contributed by atoms with E-state index in [0.29, 0.717) is 6.42 Å². The van der Waals surface area contributed by atoms with Crippen LogP contribution in [0.4, 0.5) is 0 Å². The van der Waals surface area contributed by atoms with Crippen LogP contribution in [0.1, 0.15) is 51.3 Å². The highest BCUT2D eigenvalue weighted by molar-refractivity contribution is 5.79. The standard InChI is InChI=1S/C13H20N2O2/c1-4-5-6-7-12(11(3)16)15-13(17)9-8-10(2)14-15/h8-9,12H,4-7H2,1-3H3. The van der Waals surface area contributed by atoms with Crippen LogP contribution in [0.2, 0.25) is 0 Å². The molecule has 4 heteroatoms. The highest BCUT2D eigenvalue weighted by Crippen LogP contribution is 2.14. The third-order valence-electron chi connectivity index (χ3n) is 2.80. The summed E-state index contributed by atoms with van der Waals surface area (Å²) in [5.74, 6) is 0.00121. The number of ketones is 1. The molecule has 0 aliphatic carbocycles. The Hall–Kier alpha value is -1.45. The Kier molecular flexibility index (Phi) is 5.07. The summed E-state index contributed by atoms with van der Waals surface area (Å²) in [4.78, 5) is 23.3. The molecule has 0 aromatic carbocycles. The second-order valence-electron chi connectivity index (χ2n) is 4.38. The van der Waals surface area contributed by atoms with Crippen LogP contribution in [0.15, 0.2) is 16.9 Å². The minimum Gasteiger partial charge on any atom is -0.298 e. The first kappa shape index (κ1) is 13.6. The van der Waals surface area contributed by atoms with Gasteiger partial charge in [0.1, 0.15) is 6.04 Å². The normalized spacial score (nSPS) is 12.4. The number of hydrogen-bond donors (Lipinski definition) is 0. The van der Waals surface area contributed by atoms with Gasteiger partial charge >= 0.3 is 0 Å². The van der Waals surface area contributed by atoms with Crippen molar-refractivity contribution in [3.05, 3.63) is 28.2 Å². The zero-order valence-electron chi connectivity index (χ0n) is 10.8. The monoisotopic (exact) mass is 236 g/mol. The summed E-state index contributed by atoms with van der Waals surface area (Å²) in [5, 5.41) is 4.16. The number of aromatic nitrogens is 2. The summed E-state index contributed by atoms with van der Waals surface area (Å²) < 4.78 is 1.33. The first-order valence-corrected chi connectivity index (χ1v) is 6.13. The third-order valence-corrected chi connectivity index (χ3v) is 2.80. The predicted molar refractivity (Wildman–Crippen MR) is 67.1 cm³/mol. The van der Waals surface area contributed by atoms with E-state index in [0.717, 1.165) is 25.0 Å². The minimum atomic E-state index is -0.408. The van der Waals surface area contributed by atoms with Gasteiger partial charge in [0, 0.05) is 6.07 Å². The fraction of sp³-hybridized carbons (Fsp3) is 0.615. The Morgan fingerprint density at radius 3 is 2.71 bits per heavy atom. The summed E-state index contributed by atoms with van der Waals surface area (Å²) in [6.45, 7) is 5.45. The van der Waals surface area contributed by atoms with Crippen LogP contribution in [0, 0.1) is 6.92 Å². The number of unbranched alkanes of at least 4 members (excludes halogenated alkanes) is 2. The van der Waals surface area contributed by atoms with Gasteiger partial charge in [-0.2, -0.15) is 5.10 Å².